The zero-order chi connectivity index (χ0) is 14.4. The molecule has 0 radical (unpaired) electrons. The molecule has 2 aromatic rings. The number of nitrogens with one attached hydrogen (secondary N) is 1. The van der Waals surface area contributed by atoms with Crippen molar-refractivity contribution in [1.29, 1.82) is 0 Å². The van der Waals surface area contributed by atoms with Crippen molar-refractivity contribution in [3.8, 4) is 11.4 Å². The van der Waals surface area contributed by atoms with E-state index in [1.54, 1.807) is 7.11 Å². The first kappa shape index (κ1) is 14.4. The van der Waals surface area contributed by atoms with Gasteiger partial charge in [0.1, 0.15) is 11.4 Å². The molecule has 5 heteroatoms. The van der Waals surface area contributed by atoms with Gasteiger partial charge in [0.15, 0.2) is 0 Å². The van der Waals surface area contributed by atoms with E-state index in [1.165, 1.54) is 0 Å². The van der Waals surface area contributed by atoms with Gasteiger partial charge in [-0.05, 0) is 31.5 Å². The second kappa shape index (κ2) is 6.96. The molecule has 0 atom stereocenters. The van der Waals surface area contributed by atoms with E-state index in [0.29, 0.717) is 6.54 Å². The Kier molecular flexibility index (Phi) is 5.01. The van der Waals surface area contributed by atoms with Crippen molar-refractivity contribution < 1.29 is 4.74 Å². The van der Waals surface area contributed by atoms with Gasteiger partial charge < -0.3 is 15.8 Å². The summed E-state index contributed by atoms with van der Waals surface area (Å²) in [5.74, 6) is 0.818. The van der Waals surface area contributed by atoms with Crippen LogP contribution in [0.15, 0.2) is 30.5 Å². The molecule has 5 nitrogen and oxygen atoms in total. The molecule has 0 fully saturated rings. The maximum Gasteiger partial charge on any atom is 0.144 e. The predicted molar refractivity (Wildman–Crippen MR) is 81.7 cm³/mol. The molecule has 2 rings (SSSR count). The number of anilines is 1. The maximum absolute atomic E-state index is 5.52. The number of aromatic nitrogens is 2. The number of hydrogen-bond donors (Lipinski definition) is 2. The summed E-state index contributed by atoms with van der Waals surface area (Å²) in [7, 11) is 1.67. The number of methoxy groups -OCH3 is 1. The molecule has 108 valence electrons. The van der Waals surface area contributed by atoms with E-state index >= 15 is 0 Å². The smallest absolute Gasteiger partial charge is 0.144 e. The molecule has 0 saturated carbocycles. The van der Waals surface area contributed by atoms with E-state index in [4.69, 9.17) is 10.5 Å². The van der Waals surface area contributed by atoms with Crippen molar-refractivity contribution in [2.75, 3.05) is 25.5 Å². The fourth-order valence-electron chi connectivity index (χ4n) is 2.20. The molecule has 1 aromatic heterocycles. The monoisotopic (exact) mass is 274 g/mol. The van der Waals surface area contributed by atoms with E-state index in [0.717, 1.165) is 42.2 Å². The molecule has 0 aliphatic carbocycles. The molecular formula is C15H22N4O. The van der Waals surface area contributed by atoms with Gasteiger partial charge in [0.25, 0.3) is 0 Å². The number of para-hydroxylation sites is 2. The average molecular weight is 274 g/mol. The van der Waals surface area contributed by atoms with Crippen molar-refractivity contribution in [2.45, 2.75) is 19.8 Å². The molecule has 1 aromatic carbocycles. The number of ether oxygens (including phenoxy) is 1. The molecule has 0 aliphatic rings. The summed E-state index contributed by atoms with van der Waals surface area (Å²) in [6, 6.07) is 7.89. The molecule has 0 unspecified atom stereocenters. The van der Waals surface area contributed by atoms with Gasteiger partial charge >= 0.3 is 0 Å². The van der Waals surface area contributed by atoms with Crippen LogP contribution in [0.1, 0.15) is 19.0 Å². The normalized spacial score (nSPS) is 10.6. The third kappa shape index (κ3) is 2.93. The highest BCUT2D eigenvalue weighted by molar-refractivity contribution is 5.54. The maximum atomic E-state index is 5.52. The van der Waals surface area contributed by atoms with Gasteiger partial charge in [-0.1, -0.05) is 19.1 Å². The Labute approximate surface area is 119 Å². The summed E-state index contributed by atoms with van der Waals surface area (Å²) in [6.07, 6.45) is 3.70. The molecule has 0 saturated heterocycles. The summed E-state index contributed by atoms with van der Waals surface area (Å²) in [4.78, 5) is 0. The van der Waals surface area contributed by atoms with Crippen LogP contribution in [-0.2, 0) is 6.42 Å². The van der Waals surface area contributed by atoms with Crippen LogP contribution in [0.3, 0.4) is 0 Å². The van der Waals surface area contributed by atoms with Crippen LogP contribution in [0.4, 0.5) is 5.69 Å². The van der Waals surface area contributed by atoms with Gasteiger partial charge in [0.05, 0.1) is 24.7 Å². The predicted octanol–water partition coefficient (Wildman–Crippen LogP) is 2.20. The Morgan fingerprint density at radius 2 is 2.15 bits per heavy atom. The van der Waals surface area contributed by atoms with E-state index < -0.39 is 0 Å². The van der Waals surface area contributed by atoms with Crippen molar-refractivity contribution in [3.63, 3.8) is 0 Å². The lowest BCUT2D eigenvalue weighted by molar-refractivity contribution is 0.411. The molecule has 0 bridgehead atoms. The lowest BCUT2D eigenvalue weighted by atomic mass is 10.2. The minimum Gasteiger partial charge on any atom is -0.494 e. The van der Waals surface area contributed by atoms with Crippen LogP contribution in [0.25, 0.3) is 5.69 Å². The Balaban J connectivity index is 2.32. The summed E-state index contributed by atoms with van der Waals surface area (Å²) >= 11 is 0. The largest absolute Gasteiger partial charge is 0.494 e. The third-order valence-corrected chi connectivity index (χ3v) is 3.21. The summed E-state index contributed by atoms with van der Waals surface area (Å²) in [5.41, 5.74) is 8.68. The fourth-order valence-corrected chi connectivity index (χ4v) is 2.20. The number of benzene rings is 1. The van der Waals surface area contributed by atoms with Crippen LogP contribution in [0.5, 0.6) is 5.75 Å². The topological polar surface area (TPSA) is 65.1 Å². The Hall–Kier alpha value is -2.01. The second-order valence-corrected chi connectivity index (χ2v) is 4.51. The second-order valence-electron chi connectivity index (χ2n) is 4.51. The highest BCUT2D eigenvalue weighted by Gasteiger charge is 2.13. The van der Waals surface area contributed by atoms with E-state index in [1.807, 2.05) is 35.1 Å². The van der Waals surface area contributed by atoms with Gasteiger partial charge in [-0.3, -0.25) is 0 Å². The Bertz CT molecular complexity index is 551. The zero-order valence-corrected chi connectivity index (χ0v) is 12.1. The van der Waals surface area contributed by atoms with Crippen LogP contribution < -0.4 is 15.8 Å². The van der Waals surface area contributed by atoms with E-state index in [-0.39, 0.29) is 0 Å². The van der Waals surface area contributed by atoms with Gasteiger partial charge in [-0.25, -0.2) is 4.68 Å². The third-order valence-electron chi connectivity index (χ3n) is 3.21. The van der Waals surface area contributed by atoms with Crippen LogP contribution in [0, 0.1) is 0 Å². The highest BCUT2D eigenvalue weighted by Crippen LogP contribution is 2.26. The van der Waals surface area contributed by atoms with Crippen molar-refractivity contribution in [1.82, 2.24) is 9.78 Å². The first-order chi connectivity index (χ1) is 9.81. The van der Waals surface area contributed by atoms with E-state index in [9.17, 15) is 0 Å². The lowest BCUT2D eigenvalue weighted by Crippen LogP contribution is -2.10. The molecule has 3 N–H and O–H groups in total. The van der Waals surface area contributed by atoms with Crippen LogP contribution >= 0.6 is 0 Å². The number of rotatable bonds is 7. The van der Waals surface area contributed by atoms with Gasteiger partial charge in [-0.2, -0.15) is 5.10 Å². The van der Waals surface area contributed by atoms with Gasteiger partial charge in [0, 0.05) is 6.54 Å². The van der Waals surface area contributed by atoms with Crippen molar-refractivity contribution >= 4 is 5.69 Å². The fraction of sp³-hybridized carbons (Fsp3) is 0.400. The molecule has 20 heavy (non-hydrogen) atoms. The molecule has 1 heterocycles. The summed E-state index contributed by atoms with van der Waals surface area (Å²) < 4.78 is 7.34. The molecule has 0 aliphatic heterocycles. The highest BCUT2D eigenvalue weighted by atomic mass is 16.5. The summed E-state index contributed by atoms with van der Waals surface area (Å²) in [6.45, 7) is 3.67. The summed E-state index contributed by atoms with van der Waals surface area (Å²) in [5, 5.41) is 7.88. The van der Waals surface area contributed by atoms with Gasteiger partial charge in [-0.15, -0.1) is 0 Å². The minimum absolute atomic E-state index is 0.690. The SMILES string of the molecule is CCc1c(NCCCN)cnn1-c1ccccc1OC. The zero-order valence-electron chi connectivity index (χ0n) is 12.1. The molecular weight excluding hydrogens is 252 g/mol. The number of hydrogen-bond acceptors (Lipinski definition) is 4. The average Bonchev–Trinajstić information content (AvgIpc) is 2.90. The first-order valence-electron chi connectivity index (χ1n) is 6.96. The van der Waals surface area contributed by atoms with E-state index in [2.05, 4.69) is 17.3 Å². The molecule has 0 spiro atoms. The standard InChI is InChI=1S/C15H22N4O/c1-3-13-12(17-10-6-9-16)11-18-19(13)14-7-4-5-8-15(14)20-2/h4-5,7-8,11,17H,3,6,9-10,16H2,1-2H3. The number of nitrogens with zero attached hydrogens (tertiary/aromatic N) is 2. The van der Waals surface area contributed by atoms with Crippen molar-refractivity contribution in [2.24, 2.45) is 5.73 Å². The first-order valence-corrected chi connectivity index (χ1v) is 6.96. The van der Waals surface area contributed by atoms with Crippen LogP contribution in [0.2, 0.25) is 0 Å². The molecule has 0 amide bonds. The number of nitrogens with two attached hydrogens (primary N) is 1. The van der Waals surface area contributed by atoms with Crippen LogP contribution in [-0.4, -0.2) is 30.0 Å². The quantitative estimate of drug-likeness (QED) is 0.760. The lowest BCUT2D eigenvalue weighted by Gasteiger charge is -2.12. The van der Waals surface area contributed by atoms with Crippen molar-refractivity contribution in [3.05, 3.63) is 36.2 Å². The Morgan fingerprint density at radius 3 is 2.85 bits per heavy atom. The van der Waals surface area contributed by atoms with Gasteiger partial charge in [0.2, 0.25) is 0 Å². The Morgan fingerprint density at radius 1 is 1.35 bits per heavy atom. The minimum atomic E-state index is 0.690.